The molecule has 0 heterocycles. The predicted molar refractivity (Wildman–Crippen MR) is 251 cm³/mol. The summed E-state index contributed by atoms with van der Waals surface area (Å²) in [6.45, 7) is 0. The Balaban J connectivity index is 1.24. The zero-order valence-electron chi connectivity index (χ0n) is 40.0. The molecule has 0 spiro atoms. The second-order valence-electron chi connectivity index (χ2n) is 14.2. The minimum absolute atomic E-state index is 0.0890. The monoisotopic (exact) mass is 759 g/mol. The van der Waals surface area contributed by atoms with Crippen LogP contribution in [-0.2, 0) is 0 Å². The van der Waals surface area contributed by atoms with Crippen LogP contribution in [0.2, 0.25) is 0 Å². The van der Waals surface area contributed by atoms with Gasteiger partial charge < -0.3 is 4.90 Å². The second-order valence-corrected chi connectivity index (χ2v) is 14.2. The van der Waals surface area contributed by atoms with Crippen molar-refractivity contribution in [2.24, 2.45) is 0 Å². The van der Waals surface area contributed by atoms with Crippen molar-refractivity contribution in [3.8, 4) is 66.8 Å². The topological polar surface area (TPSA) is 3.24 Å². The largest absolute Gasteiger partial charge is 0.310 e. The zero-order chi connectivity index (χ0) is 46.3. The van der Waals surface area contributed by atoms with Crippen LogP contribution < -0.4 is 4.90 Å². The first-order valence-corrected chi connectivity index (χ1v) is 19.6. The van der Waals surface area contributed by atoms with Gasteiger partial charge in [-0.1, -0.05) is 212 Å². The third kappa shape index (κ3) is 7.12. The van der Waals surface area contributed by atoms with Crippen molar-refractivity contribution in [3.05, 3.63) is 249 Å². The minimum Gasteiger partial charge on any atom is -0.310 e. The smallest absolute Gasteiger partial charge is 0.0645 e. The Bertz CT molecular complexity index is 3430. The van der Waals surface area contributed by atoms with Crippen molar-refractivity contribution < 1.29 is 11.0 Å². The normalized spacial score (nSPS) is 12.9. The summed E-state index contributed by atoms with van der Waals surface area (Å²) in [5.74, 6) is 0. The van der Waals surface area contributed by atoms with E-state index in [2.05, 4.69) is 0 Å². The van der Waals surface area contributed by atoms with E-state index in [0.717, 1.165) is 49.7 Å². The molecule has 1 heteroatoms. The summed E-state index contributed by atoms with van der Waals surface area (Å²) in [6, 6.07) is 60.5. The van der Waals surface area contributed by atoms with E-state index < -0.39 is 24.2 Å². The van der Waals surface area contributed by atoms with Gasteiger partial charge in [-0.25, -0.2) is 0 Å². The number of hydrogen-bond acceptors (Lipinski definition) is 1. The molecule has 10 rings (SSSR count). The van der Waals surface area contributed by atoms with E-state index in [0.29, 0.717) is 22.4 Å². The molecular formula is C58H41N. The highest BCUT2D eigenvalue weighted by molar-refractivity contribution is 6.04. The molecule has 0 saturated carbocycles. The Kier molecular flexibility index (Phi) is 7.54. The molecule has 0 N–H and O–H groups in total. The van der Waals surface area contributed by atoms with Crippen molar-refractivity contribution >= 4 is 27.8 Å². The first kappa shape index (κ1) is 27.8. The number of hydrogen-bond donors (Lipinski definition) is 0. The third-order valence-corrected chi connectivity index (χ3v) is 10.6. The van der Waals surface area contributed by atoms with Gasteiger partial charge in [0, 0.05) is 16.9 Å². The summed E-state index contributed by atoms with van der Waals surface area (Å²) in [6.07, 6.45) is 0. The van der Waals surface area contributed by atoms with Gasteiger partial charge in [0.1, 0.15) is 0 Å². The van der Waals surface area contributed by atoms with Crippen molar-refractivity contribution in [2.45, 2.75) is 0 Å². The summed E-state index contributed by atoms with van der Waals surface area (Å²) in [5, 5.41) is 1.62. The summed E-state index contributed by atoms with van der Waals surface area (Å²) in [7, 11) is 0. The molecule has 0 unspecified atom stereocenters. The maximum atomic E-state index is 9.88. The van der Waals surface area contributed by atoms with Gasteiger partial charge in [0.15, 0.2) is 0 Å². The molecule has 0 aliphatic rings. The fraction of sp³-hybridized carbons (Fsp3) is 0. The summed E-state index contributed by atoms with van der Waals surface area (Å²) >= 11 is 0. The van der Waals surface area contributed by atoms with E-state index in [1.165, 1.54) is 4.90 Å². The molecule has 0 aromatic heterocycles. The third-order valence-electron chi connectivity index (χ3n) is 10.6. The first-order valence-electron chi connectivity index (χ1n) is 23.6. The summed E-state index contributed by atoms with van der Waals surface area (Å²) in [4.78, 5) is 1.40. The predicted octanol–water partition coefficient (Wildman–Crippen LogP) is 16.3. The molecule has 278 valence electrons. The molecule has 0 amide bonds. The van der Waals surface area contributed by atoms with Crippen molar-refractivity contribution in [2.75, 3.05) is 4.90 Å². The van der Waals surface area contributed by atoms with Crippen LogP contribution >= 0.6 is 0 Å². The van der Waals surface area contributed by atoms with E-state index in [1.54, 1.807) is 12.1 Å². The number of benzene rings is 10. The molecule has 10 aromatic carbocycles. The van der Waals surface area contributed by atoms with Crippen LogP contribution in [0.25, 0.3) is 77.5 Å². The Morgan fingerprint density at radius 3 is 1.36 bits per heavy atom. The van der Waals surface area contributed by atoms with Gasteiger partial charge in [0.05, 0.1) is 16.7 Å². The Morgan fingerprint density at radius 1 is 0.288 bits per heavy atom. The van der Waals surface area contributed by atoms with Crippen molar-refractivity contribution in [1.82, 2.24) is 0 Å². The lowest BCUT2D eigenvalue weighted by molar-refractivity contribution is 1.28. The van der Waals surface area contributed by atoms with Gasteiger partial charge in [0.25, 0.3) is 0 Å². The van der Waals surface area contributed by atoms with Crippen LogP contribution in [0.1, 0.15) is 11.0 Å². The van der Waals surface area contributed by atoms with Gasteiger partial charge in [-0.05, 0) is 108 Å². The van der Waals surface area contributed by atoms with Crippen LogP contribution in [0.5, 0.6) is 0 Å². The van der Waals surface area contributed by atoms with Gasteiger partial charge in [0.2, 0.25) is 0 Å². The molecule has 0 radical (unpaired) electrons. The van der Waals surface area contributed by atoms with E-state index in [9.17, 15) is 11.0 Å². The number of fused-ring (bicyclic) bond motifs is 1. The van der Waals surface area contributed by atoms with Crippen LogP contribution in [0, 0.1) is 0 Å². The van der Waals surface area contributed by atoms with E-state index in [1.807, 2.05) is 188 Å². The lowest BCUT2D eigenvalue weighted by Crippen LogP contribution is -2.11. The summed E-state index contributed by atoms with van der Waals surface area (Å²) in [5.41, 5.74) is 7.82. The average molecular weight is 760 g/mol. The highest BCUT2D eigenvalue weighted by atomic mass is 15.1. The maximum Gasteiger partial charge on any atom is 0.0645 e. The molecular weight excluding hydrogens is 711 g/mol. The van der Waals surface area contributed by atoms with Crippen molar-refractivity contribution in [1.29, 1.82) is 0 Å². The summed E-state index contributed by atoms with van der Waals surface area (Å²) < 4.78 is 78.4. The van der Waals surface area contributed by atoms with Crippen LogP contribution in [0.4, 0.5) is 17.1 Å². The minimum atomic E-state index is -0.409. The van der Waals surface area contributed by atoms with E-state index in [4.69, 9.17) is 0 Å². The first-order chi connectivity index (χ1) is 32.6. The SMILES string of the molecule is [2H]c1c([2H])c(N(c2ccccc2-c2ccccc2)c2c([2H])c([2H])c(-c3c(-c4ccccc4)ccc4ccccc34)c([2H])c2[2H])c([2H])c([2H])c1-c1ccc(-c2ccccc2)c(-c2ccccc2)c1. The van der Waals surface area contributed by atoms with Gasteiger partial charge in [-0.2, -0.15) is 0 Å². The fourth-order valence-corrected chi connectivity index (χ4v) is 7.81. The molecule has 0 fully saturated rings. The quantitative estimate of drug-likeness (QED) is 0.142. The second kappa shape index (κ2) is 16.0. The van der Waals surface area contributed by atoms with E-state index >= 15 is 0 Å². The Hall–Kier alpha value is -7.74. The molecule has 59 heavy (non-hydrogen) atoms. The number of rotatable bonds is 9. The van der Waals surface area contributed by atoms with Gasteiger partial charge in [-0.3, -0.25) is 0 Å². The lowest BCUT2D eigenvalue weighted by atomic mass is 9.89. The van der Waals surface area contributed by atoms with E-state index in [-0.39, 0.29) is 46.7 Å². The van der Waals surface area contributed by atoms with Crippen LogP contribution in [0.3, 0.4) is 0 Å². The van der Waals surface area contributed by atoms with Crippen molar-refractivity contribution in [3.63, 3.8) is 0 Å². The molecule has 0 saturated heterocycles. The standard InChI is InChI=1S/C58H41N/c1-5-17-43(18-6-1)52-39-34-49(41-56(52)46-23-11-4-12-24-46)42-29-35-50(36-30-42)59(57-28-16-15-26-53(57)44-19-7-2-8-20-44)51-37-31-48(32-38-51)58-54-27-14-13-25-47(54)33-40-55(58)45-21-9-3-10-22-45/h1-41H/i29D,30D,31D,32D,35D,36D,37D,38D. The molecule has 0 aliphatic carbocycles. The number of para-hydroxylation sites is 1. The Morgan fingerprint density at radius 2 is 0.746 bits per heavy atom. The average Bonchev–Trinajstić information content (AvgIpc) is 3.38. The number of anilines is 3. The molecule has 0 aliphatic heterocycles. The molecule has 1 nitrogen and oxygen atoms in total. The van der Waals surface area contributed by atoms with Crippen LogP contribution in [-0.4, -0.2) is 0 Å². The zero-order valence-corrected chi connectivity index (χ0v) is 32.0. The lowest BCUT2D eigenvalue weighted by Gasteiger charge is -2.28. The molecule has 0 atom stereocenters. The molecule has 10 aromatic rings. The molecule has 0 bridgehead atoms. The maximum absolute atomic E-state index is 9.88. The van der Waals surface area contributed by atoms with Gasteiger partial charge >= 0.3 is 0 Å². The fourth-order valence-electron chi connectivity index (χ4n) is 7.81. The number of nitrogens with zero attached hydrogens (tertiary/aromatic N) is 1. The highest BCUT2D eigenvalue weighted by Crippen LogP contribution is 2.44. The van der Waals surface area contributed by atoms with Gasteiger partial charge in [-0.15, -0.1) is 0 Å². The van der Waals surface area contributed by atoms with Crippen LogP contribution in [0.15, 0.2) is 249 Å². The highest BCUT2D eigenvalue weighted by Gasteiger charge is 2.19. The Labute approximate surface area is 358 Å².